The average molecular weight is 324 g/mol. The van der Waals surface area contributed by atoms with E-state index < -0.39 is 0 Å². The molecule has 1 aliphatic heterocycles. The molecule has 2 fully saturated rings. The van der Waals surface area contributed by atoms with Gasteiger partial charge >= 0.3 is 0 Å². The van der Waals surface area contributed by atoms with Crippen molar-refractivity contribution in [3.05, 3.63) is 34.3 Å². The van der Waals surface area contributed by atoms with Crippen LogP contribution in [-0.4, -0.2) is 48.1 Å². The molecule has 2 N–H and O–H groups in total. The van der Waals surface area contributed by atoms with Crippen LogP contribution in [0.1, 0.15) is 18.4 Å². The lowest BCUT2D eigenvalue weighted by Gasteiger charge is -2.36. The molecule has 1 aromatic carbocycles. The van der Waals surface area contributed by atoms with Gasteiger partial charge in [-0.2, -0.15) is 0 Å². The van der Waals surface area contributed by atoms with E-state index in [1.807, 2.05) is 0 Å². The summed E-state index contributed by atoms with van der Waals surface area (Å²) in [5, 5.41) is 0. The van der Waals surface area contributed by atoms with Crippen molar-refractivity contribution in [1.29, 1.82) is 0 Å². The lowest BCUT2D eigenvalue weighted by atomic mass is 10.2. The highest BCUT2D eigenvalue weighted by Crippen LogP contribution is 2.33. The van der Waals surface area contributed by atoms with Crippen molar-refractivity contribution < 1.29 is 0 Å². The van der Waals surface area contributed by atoms with Gasteiger partial charge in [-0.1, -0.05) is 28.1 Å². The van der Waals surface area contributed by atoms with Crippen LogP contribution >= 0.6 is 15.9 Å². The lowest BCUT2D eigenvalue weighted by molar-refractivity contribution is 0.119. The number of piperazine rings is 1. The van der Waals surface area contributed by atoms with E-state index in [0.29, 0.717) is 0 Å². The molecular formula is C15H22BrN3. The van der Waals surface area contributed by atoms with Crippen molar-refractivity contribution in [2.45, 2.75) is 24.9 Å². The summed E-state index contributed by atoms with van der Waals surface area (Å²) < 4.78 is 1.17. The monoisotopic (exact) mass is 323 g/mol. The normalized spacial score (nSPS) is 23.5. The molecule has 3 rings (SSSR count). The second-order valence-electron chi connectivity index (χ2n) is 6.04. The van der Waals surface area contributed by atoms with Gasteiger partial charge in [0.15, 0.2) is 0 Å². The molecule has 0 unspecified atom stereocenters. The fraction of sp³-hybridized carbons (Fsp3) is 0.600. The third-order valence-corrected chi connectivity index (χ3v) is 4.68. The van der Waals surface area contributed by atoms with E-state index in [-0.39, 0.29) is 5.54 Å². The van der Waals surface area contributed by atoms with Gasteiger partial charge in [0.05, 0.1) is 0 Å². The van der Waals surface area contributed by atoms with Gasteiger partial charge < -0.3 is 5.73 Å². The summed E-state index contributed by atoms with van der Waals surface area (Å²) in [7, 11) is 0. The molecular weight excluding hydrogens is 302 g/mol. The van der Waals surface area contributed by atoms with Crippen LogP contribution < -0.4 is 5.73 Å². The molecule has 0 atom stereocenters. The first-order valence-electron chi connectivity index (χ1n) is 7.11. The number of hydrogen-bond acceptors (Lipinski definition) is 3. The minimum atomic E-state index is 0.159. The topological polar surface area (TPSA) is 32.5 Å². The number of benzene rings is 1. The lowest BCUT2D eigenvalue weighted by Crippen LogP contribution is -2.50. The molecule has 19 heavy (non-hydrogen) atoms. The van der Waals surface area contributed by atoms with E-state index in [9.17, 15) is 0 Å². The maximum absolute atomic E-state index is 6.19. The van der Waals surface area contributed by atoms with E-state index in [1.165, 1.54) is 22.9 Å². The van der Waals surface area contributed by atoms with Crippen LogP contribution in [0.2, 0.25) is 0 Å². The van der Waals surface area contributed by atoms with Gasteiger partial charge in [-0.25, -0.2) is 0 Å². The summed E-state index contributed by atoms with van der Waals surface area (Å²) in [4.78, 5) is 5.07. The second-order valence-corrected chi connectivity index (χ2v) is 6.96. The minimum absolute atomic E-state index is 0.159. The number of hydrogen-bond donors (Lipinski definition) is 1. The fourth-order valence-corrected chi connectivity index (χ4v) is 3.21. The van der Waals surface area contributed by atoms with Gasteiger partial charge in [0.2, 0.25) is 0 Å². The van der Waals surface area contributed by atoms with Crippen LogP contribution in [0.15, 0.2) is 28.7 Å². The molecule has 4 heteroatoms. The fourth-order valence-electron chi connectivity index (χ4n) is 2.76. The standard InChI is InChI=1S/C15H22BrN3/c16-14-3-1-2-13(10-14)11-18-6-8-19(9-7-18)12-15(17)4-5-15/h1-3,10H,4-9,11-12,17H2. The zero-order chi connectivity index (χ0) is 13.3. The van der Waals surface area contributed by atoms with Crippen LogP contribution in [0.3, 0.4) is 0 Å². The minimum Gasteiger partial charge on any atom is -0.324 e. The molecule has 0 aromatic heterocycles. The molecule has 0 spiro atoms. The van der Waals surface area contributed by atoms with Crippen molar-refractivity contribution in [1.82, 2.24) is 9.80 Å². The highest BCUT2D eigenvalue weighted by atomic mass is 79.9. The highest BCUT2D eigenvalue weighted by molar-refractivity contribution is 9.10. The Morgan fingerprint density at radius 1 is 1.11 bits per heavy atom. The summed E-state index contributed by atoms with van der Waals surface area (Å²) >= 11 is 3.54. The summed E-state index contributed by atoms with van der Waals surface area (Å²) in [6.07, 6.45) is 2.43. The van der Waals surface area contributed by atoms with Gasteiger partial charge in [0.25, 0.3) is 0 Å². The van der Waals surface area contributed by atoms with Crippen LogP contribution in [0.25, 0.3) is 0 Å². The Hall–Kier alpha value is -0.420. The van der Waals surface area contributed by atoms with Crippen LogP contribution in [-0.2, 0) is 6.54 Å². The van der Waals surface area contributed by atoms with Crippen LogP contribution in [0.5, 0.6) is 0 Å². The number of nitrogens with zero attached hydrogens (tertiary/aromatic N) is 2. The summed E-state index contributed by atoms with van der Waals surface area (Å²) in [6, 6.07) is 8.61. The maximum atomic E-state index is 6.19. The first kappa shape index (κ1) is 13.6. The Labute approximate surface area is 123 Å². The third kappa shape index (κ3) is 3.78. The molecule has 0 bridgehead atoms. The average Bonchev–Trinajstić information content (AvgIpc) is 3.10. The predicted molar refractivity (Wildman–Crippen MR) is 82.0 cm³/mol. The van der Waals surface area contributed by atoms with Gasteiger partial charge in [0.1, 0.15) is 0 Å². The molecule has 0 amide bonds. The Morgan fingerprint density at radius 2 is 1.79 bits per heavy atom. The molecule has 1 aromatic rings. The van der Waals surface area contributed by atoms with Gasteiger partial charge in [-0.15, -0.1) is 0 Å². The maximum Gasteiger partial charge on any atom is 0.0284 e. The van der Waals surface area contributed by atoms with Crippen LogP contribution in [0.4, 0.5) is 0 Å². The SMILES string of the molecule is NC1(CN2CCN(Cc3cccc(Br)c3)CC2)CC1. The molecule has 1 saturated heterocycles. The Kier molecular flexibility index (Phi) is 3.94. The molecule has 1 saturated carbocycles. The van der Waals surface area contributed by atoms with Crippen molar-refractivity contribution in [3.63, 3.8) is 0 Å². The van der Waals surface area contributed by atoms with Crippen molar-refractivity contribution >= 4 is 15.9 Å². The first-order chi connectivity index (χ1) is 9.13. The zero-order valence-electron chi connectivity index (χ0n) is 11.3. The summed E-state index contributed by atoms with van der Waals surface area (Å²) in [5.74, 6) is 0. The summed E-state index contributed by atoms with van der Waals surface area (Å²) in [6.45, 7) is 6.78. The van der Waals surface area contributed by atoms with Crippen molar-refractivity contribution in [3.8, 4) is 0 Å². The number of halogens is 1. The zero-order valence-corrected chi connectivity index (χ0v) is 12.9. The van der Waals surface area contributed by atoms with E-state index in [4.69, 9.17) is 5.73 Å². The Balaban J connectivity index is 1.47. The van der Waals surface area contributed by atoms with E-state index >= 15 is 0 Å². The largest absolute Gasteiger partial charge is 0.324 e. The number of nitrogens with two attached hydrogens (primary N) is 1. The quantitative estimate of drug-likeness (QED) is 0.920. The first-order valence-corrected chi connectivity index (χ1v) is 7.90. The van der Waals surface area contributed by atoms with E-state index in [0.717, 1.165) is 39.3 Å². The third-order valence-electron chi connectivity index (χ3n) is 4.19. The number of rotatable bonds is 4. The van der Waals surface area contributed by atoms with Gasteiger partial charge in [-0.3, -0.25) is 9.80 Å². The molecule has 104 valence electrons. The van der Waals surface area contributed by atoms with Crippen molar-refractivity contribution in [2.75, 3.05) is 32.7 Å². The molecule has 1 aliphatic carbocycles. The molecule has 0 radical (unpaired) electrons. The Morgan fingerprint density at radius 3 is 2.42 bits per heavy atom. The van der Waals surface area contributed by atoms with E-state index in [2.05, 4.69) is 50.0 Å². The highest BCUT2D eigenvalue weighted by Gasteiger charge is 2.39. The van der Waals surface area contributed by atoms with Crippen molar-refractivity contribution in [2.24, 2.45) is 5.73 Å². The molecule has 1 heterocycles. The molecule has 2 aliphatic rings. The second kappa shape index (κ2) is 5.52. The smallest absolute Gasteiger partial charge is 0.0284 e. The predicted octanol–water partition coefficient (Wildman–Crippen LogP) is 2.06. The van der Waals surface area contributed by atoms with E-state index in [1.54, 1.807) is 0 Å². The Bertz CT molecular complexity index is 437. The summed E-state index contributed by atoms with van der Waals surface area (Å²) in [5.41, 5.74) is 7.74. The molecule has 3 nitrogen and oxygen atoms in total. The van der Waals surface area contributed by atoms with Gasteiger partial charge in [0, 0.05) is 49.3 Å². The van der Waals surface area contributed by atoms with Gasteiger partial charge in [-0.05, 0) is 30.5 Å². The van der Waals surface area contributed by atoms with Crippen LogP contribution in [0, 0.1) is 0 Å².